The number of thiophene rings is 1. The number of nitrogens with zero attached hydrogens (tertiary/aromatic N) is 2. The van der Waals surface area contributed by atoms with Gasteiger partial charge in [0.25, 0.3) is 5.89 Å². The van der Waals surface area contributed by atoms with Crippen LogP contribution in [0.1, 0.15) is 23.2 Å². The first-order valence-corrected chi connectivity index (χ1v) is 7.81. The highest BCUT2D eigenvalue weighted by Gasteiger charge is 2.15. The fourth-order valence-corrected chi connectivity index (χ4v) is 3.11. The average molecular weight is 320 g/mol. The lowest BCUT2D eigenvalue weighted by atomic mass is 10.1. The number of aryl methyl sites for hydroxylation is 1. The van der Waals surface area contributed by atoms with E-state index in [1.165, 1.54) is 4.88 Å². The highest BCUT2D eigenvalue weighted by atomic mass is 35.5. The van der Waals surface area contributed by atoms with E-state index in [-0.39, 0.29) is 0 Å². The van der Waals surface area contributed by atoms with Crippen molar-refractivity contribution in [2.75, 3.05) is 5.73 Å². The zero-order valence-corrected chi connectivity index (χ0v) is 13.0. The molecule has 0 aliphatic heterocycles. The maximum absolute atomic E-state index is 6.14. The SMILES string of the molecule is CCc1cc(-c2nc(Cc3ccccc3Cl)no2)c(N)s1. The van der Waals surface area contributed by atoms with Crippen LogP contribution in [0.15, 0.2) is 34.9 Å². The van der Waals surface area contributed by atoms with Crippen molar-refractivity contribution in [3.63, 3.8) is 0 Å². The summed E-state index contributed by atoms with van der Waals surface area (Å²) in [5, 5.41) is 5.42. The molecular formula is C15H14ClN3OS. The van der Waals surface area contributed by atoms with E-state index >= 15 is 0 Å². The van der Waals surface area contributed by atoms with Gasteiger partial charge in [-0.2, -0.15) is 4.98 Å². The molecule has 2 heterocycles. The number of aromatic nitrogens is 2. The van der Waals surface area contributed by atoms with E-state index in [1.807, 2.05) is 30.3 Å². The van der Waals surface area contributed by atoms with E-state index in [0.717, 1.165) is 17.5 Å². The molecule has 0 amide bonds. The molecule has 0 bridgehead atoms. The second-order valence-electron chi connectivity index (χ2n) is 4.63. The fraction of sp³-hybridized carbons (Fsp3) is 0.200. The maximum atomic E-state index is 6.14. The number of hydrogen-bond donors (Lipinski definition) is 1. The van der Waals surface area contributed by atoms with Crippen LogP contribution in [0.2, 0.25) is 5.02 Å². The minimum atomic E-state index is 0.463. The third kappa shape index (κ3) is 2.94. The molecule has 2 N–H and O–H groups in total. The molecule has 4 nitrogen and oxygen atoms in total. The number of anilines is 1. The summed E-state index contributed by atoms with van der Waals surface area (Å²) in [6.07, 6.45) is 1.48. The molecule has 6 heteroatoms. The van der Waals surface area contributed by atoms with Crippen LogP contribution in [0.3, 0.4) is 0 Å². The topological polar surface area (TPSA) is 64.9 Å². The van der Waals surface area contributed by atoms with Crippen LogP contribution < -0.4 is 5.73 Å². The van der Waals surface area contributed by atoms with Crippen molar-refractivity contribution in [1.29, 1.82) is 0 Å². The molecule has 0 aliphatic rings. The van der Waals surface area contributed by atoms with Gasteiger partial charge in [-0.25, -0.2) is 0 Å². The van der Waals surface area contributed by atoms with E-state index in [0.29, 0.717) is 28.2 Å². The Morgan fingerprint density at radius 3 is 2.86 bits per heavy atom. The molecule has 0 spiro atoms. The van der Waals surface area contributed by atoms with E-state index in [1.54, 1.807) is 11.3 Å². The summed E-state index contributed by atoms with van der Waals surface area (Å²) in [5.41, 5.74) is 7.79. The Balaban J connectivity index is 1.86. The smallest absolute Gasteiger partial charge is 0.260 e. The van der Waals surface area contributed by atoms with Crippen LogP contribution in [-0.4, -0.2) is 10.1 Å². The monoisotopic (exact) mass is 319 g/mol. The third-order valence-corrected chi connectivity index (χ3v) is 4.64. The number of nitrogens with two attached hydrogens (primary N) is 1. The Labute approximate surface area is 131 Å². The van der Waals surface area contributed by atoms with Crippen molar-refractivity contribution in [3.05, 3.63) is 51.6 Å². The second kappa shape index (κ2) is 5.87. The number of hydrogen-bond acceptors (Lipinski definition) is 5. The largest absolute Gasteiger partial charge is 0.390 e. The molecule has 3 aromatic rings. The first-order valence-electron chi connectivity index (χ1n) is 6.62. The molecular weight excluding hydrogens is 306 g/mol. The summed E-state index contributed by atoms with van der Waals surface area (Å²) >= 11 is 7.69. The Hall–Kier alpha value is -1.85. The predicted molar refractivity (Wildman–Crippen MR) is 85.7 cm³/mol. The van der Waals surface area contributed by atoms with Gasteiger partial charge in [0.1, 0.15) is 0 Å². The highest BCUT2D eigenvalue weighted by Crippen LogP contribution is 2.33. The van der Waals surface area contributed by atoms with Crippen molar-refractivity contribution >= 4 is 27.9 Å². The van der Waals surface area contributed by atoms with Crippen LogP contribution in [0.25, 0.3) is 11.5 Å². The molecule has 2 aromatic heterocycles. The van der Waals surface area contributed by atoms with E-state index in [4.69, 9.17) is 21.9 Å². The molecule has 0 radical (unpaired) electrons. The Kier molecular flexibility index (Phi) is 3.94. The van der Waals surface area contributed by atoms with Crippen LogP contribution in [0.5, 0.6) is 0 Å². The Bertz CT molecular complexity index is 766. The maximum Gasteiger partial charge on any atom is 0.260 e. The number of rotatable bonds is 4. The van der Waals surface area contributed by atoms with Gasteiger partial charge in [-0.3, -0.25) is 0 Å². The van der Waals surface area contributed by atoms with Gasteiger partial charge in [0.15, 0.2) is 5.82 Å². The van der Waals surface area contributed by atoms with Crippen LogP contribution in [0.4, 0.5) is 5.00 Å². The lowest BCUT2D eigenvalue weighted by Crippen LogP contribution is -1.91. The van der Waals surface area contributed by atoms with E-state index < -0.39 is 0 Å². The average Bonchev–Trinajstić information content (AvgIpc) is 3.07. The van der Waals surface area contributed by atoms with Gasteiger partial charge in [-0.1, -0.05) is 41.9 Å². The van der Waals surface area contributed by atoms with Gasteiger partial charge in [0.05, 0.1) is 10.6 Å². The van der Waals surface area contributed by atoms with Gasteiger partial charge in [-0.05, 0) is 24.1 Å². The lowest BCUT2D eigenvalue weighted by Gasteiger charge is -1.98. The summed E-state index contributed by atoms with van der Waals surface area (Å²) in [6, 6.07) is 9.64. The summed E-state index contributed by atoms with van der Waals surface area (Å²) in [7, 11) is 0. The molecule has 0 unspecified atom stereocenters. The van der Waals surface area contributed by atoms with Gasteiger partial charge >= 0.3 is 0 Å². The molecule has 3 rings (SSSR count). The minimum Gasteiger partial charge on any atom is -0.390 e. The standard InChI is InChI=1S/C15H14ClN3OS/c1-2-10-8-11(14(17)21-10)15-18-13(19-20-15)7-9-5-3-4-6-12(9)16/h3-6,8H,2,7,17H2,1H3. The Morgan fingerprint density at radius 2 is 2.14 bits per heavy atom. The molecule has 0 fully saturated rings. The molecule has 0 saturated heterocycles. The normalized spacial score (nSPS) is 11.0. The molecule has 108 valence electrons. The van der Waals surface area contributed by atoms with E-state index in [2.05, 4.69) is 17.1 Å². The van der Waals surface area contributed by atoms with Crippen LogP contribution >= 0.6 is 22.9 Å². The summed E-state index contributed by atoms with van der Waals surface area (Å²) in [6.45, 7) is 2.09. The van der Waals surface area contributed by atoms with Crippen LogP contribution in [0, 0.1) is 0 Å². The molecule has 0 saturated carbocycles. The van der Waals surface area contributed by atoms with E-state index in [9.17, 15) is 0 Å². The van der Waals surface area contributed by atoms with Crippen molar-refractivity contribution in [2.45, 2.75) is 19.8 Å². The number of halogens is 1. The molecule has 0 atom stereocenters. The zero-order valence-electron chi connectivity index (χ0n) is 11.5. The molecule has 1 aromatic carbocycles. The molecule has 0 aliphatic carbocycles. The van der Waals surface area contributed by atoms with Gasteiger partial charge in [0, 0.05) is 16.3 Å². The van der Waals surface area contributed by atoms with Crippen molar-refractivity contribution < 1.29 is 4.52 Å². The van der Waals surface area contributed by atoms with Crippen molar-refractivity contribution in [3.8, 4) is 11.5 Å². The fourth-order valence-electron chi connectivity index (χ4n) is 2.05. The third-order valence-electron chi connectivity index (χ3n) is 3.17. The van der Waals surface area contributed by atoms with Crippen LogP contribution in [-0.2, 0) is 12.8 Å². The zero-order chi connectivity index (χ0) is 14.8. The lowest BCUT2D eigenvalue weighted by molar-refractivity contribution is 0.424. The van der Waals surface area contributed by atoms with Crippen molar-refractivity contribution in [1.82, 2.24) is 10.1 Å². The van der Waals surface area contributed by atoms with Gasteiger partial charge < -0.3 is 10.3 Å². The first kappa shape index (κ1) is 14.1. The Morgan fingerprint density at radius 1 is 1.33 bits per heavy atom. The second-order valence-corrected chi connectivity index (χ2v) is 6.20. The first-order chi connectivity index (χ1) is 10.2. The van der Waals surface area contributed by atoms with Gasteiger partial charge in [0.2, 0.25) is 0 Å². The molecule has 21 heavy (non-hydrogen) atoms. The van der Waals surface area contributed by atoms with Gasteiger partial charge in [-0.15, -0.1) is 11.3 Å². The predicted octanol–water partition coefficient (Wildman–Crippen LogP) is 4.19. The van der Waals surface area contributed by atoms with Crippen molar-refractivity contribution in [2.24, 2.45) is 0 Å². The summed E-state index contributed by atoms with van der Waals surface area (Å²) in [4.78, 5) is 5.62. The summed E-state index contributed by atoms with van der Waals surface area (Å²) < 4.78 is 5.32. The quantitative estimate of drug-likeness (QED) is 0.783. The highest BCUT2D eigenvalue weighted by molar-refractivity contribution is 7.16. The minimum absolute atomic E-state index is 0.463. The number of nitrogen functional groups attached to an aromatic ring is 1. The number of benzene rings is 1. The summed E-state index contributed by atoms with van der Waals surface area (Å²) in [5.74, 6) is 1.06.